The topological polar surface area (TPSA) is 73.7 Å². The number of nitrogens with zero attached hydrogens (tertiary/aromatic N) is 6. The van der Waals surface area contributed by atoms with Gasteiger partial charge in [0.25, 0.3) is 0 Å². The molecule has 0 radical (unpaired) electrons. The van der Waals surface area contributed by atoms with Crippen LogP contribution in [0.25, 0.3) is 44.1 Å². The van der Waals surface area contributed by atoms with Crippen LogP contribution in [0.3, 0.4) is 0 Å². The highest BCUT2D eigenvalue weighted by Crippen LogP contribution is 2.33. The van der Waals surface area contributed by atoms with Crippen molar-refractivity contribution in [3.63, 3.8) is 0 Å². The Morgan fingerprint density at radius 2 is 1.15 bits per heavy atom. The highest BCUT2D eigenvalue weighted by atomic mass is 19.1. The van der Waals surface area contributed by atoms with E-state index >= 15 is 0 Å². The number of piperidine rings is 2. The maximum atomic E-state index is 13.4. The predicted molar refractivity (Wildman–Crippen MR) is 186 cm³/mol. The molecule has 0 atom stereocenters. The highest BCUT2D eigenvalue weighted by molar-refractivity contribution is 5.96. The third-order valence-corrected chi connectivity index (χ3v) is 10.6. The molecule has 0 bridgehead atoms. The van der Waals surface area contributed by atoms with Crippen LogP contribution in [-0.2, 0) is 13.1 Å². The van der Waals surface area contributed by atoms with Gasteiger partial charge in [-0.15, -0.1) is 0 Å². The summed E-state index contributed by atoms with van der Waals surface area (Å²) >= 11 is 0. The molecule has 2 saturated heterocycles. The molecule has 2 N–H and O–H groups in total. The summed E-state index contributed by atoms with van der Waals surface area (Å²) in [6.07, 6.45) is 19.8. The second-order valence-electron chi connectivity index (χ2n) is 14.1. The first kappa shape index (κ1) is 31.0. The zero-order valence-electron chi connectivity index (χ0n) is 27.6. The van der Waals surface area contributed by atoms with E-state index in [1.54, 1.807) is 0 Å². The van der Waals surface area contributed by atoms with E-state index < -0.39 is 0 Å². The van der Waals surface area contributed by atoms with Gasteiger partial charge in [0.15, 0.2) is 0 Å². The Labute approximate surface area is 279 Å². The Morgan fingerprint density at radius 3 is 1.62 bits per heavy atom. The van der Waals surface area contributed by atoms with Gasteiger partial charge in [0.05, 0.1) is 12.4 Å². The van der Waals surface area contributed by atoms with Crippen LogP contribution in [-0.4, -0.2) is 78.6 Å². The number of hydrogen-bond donors (Lipinski definition) is 2. The van der Waals surface area contributed by atoms with Crippen molar-refractivity contribution in [1.29, 1.82) is 0 Å². The first-order chi connectivity index (χ1) is 23.4. The molecule has 1 saturated carbocycles. The molecule has 6 heterocycles. The minimum atomic E-state index is -0.219. The minimum Gasteiger partial charge on any atom is -0.360 e. The van der Waals surface area contributed by atoms with Gasteiger partial charge in [-0.2, -0.15) is 10.2 Å². The molecule has 2 aromatic carbocycles. The van der Waals surface area contributed by atoms with Gasteiger partial charge in [-0.25, -0.2) is 8.78 Å². The third-order valence-electron chi connectivity index (χ3n) is 10.6. The van der Waals surface area contributed by atoms with E-state index in [0.29, 0.717) is 5.92 Å². The fourth-order valence-electron chi connectivity index (χ4n) is 7.59. The second kappa shape index (κ2) is 13.3. The lowest BCUT2D eigenvalue weighted by molar-refractivity contribution is 0.164. The molecule has 10 heteroatoms. The van der Waals surface area contributed by atoms with E-state index in [-0.39, 0.29) is 11.6 Å². The Morgan fingerprint density at radius 1 is 0.667 bits per heavy atom. The number of aromatic amines is 2. The van der Waals surface area contributed by atoms with Gasteiger partial charge in [0.2, 0.25) is 0 Å². The van der Waals surface area contributed by atoms with Gasteiger partial charge in [-0.05, 0) is 120 Å². The van der Waals surface area contributed by atoms with Crippen molar-refractivity contribution in [2.75, 3.05) is 33.2 Å². The number of benzene rings is 2. The number of H-pyrrole nitrogens is 2. The molecule has 250 valence electrons. The number of fused-ring (bicyclic) bond motifs is 2. The Balaban J connectivity index is 0.000000141. The number of halogens is 2. The summed E-state index contributed by atoms with van der Waals surface area (Å²) in [5, 5.41) is 11.2. The SMILES string of the molecule is CN1CCC(Cn2cc(-c3c[nH]c4cc(F)ccc34)cn2)CC1.Fc1ccc2c(-c3cnn(CC4CCN(C5CC5)CC4)c3)c[nH]c2c1. The molecule has 1 aliphatic carbocycles. The zero-order valence-corrected chi connectivity index (χ0v) is 27.6. The standard InChI is InChI=1S/C20H23FN4.C18H21FN4/c21-16-1-4-18-19(11-22-20(18)9-16)15-10-23-25(13-15)12-14-5-7-24(8-6-14)17-2-3-17;1-22-6-4-13(5-7-22)11-23-12-14(9-21-23)17-10-20-18-8-15(19)2-3-16(17)18/h1,4,9-11,13-14,17,22H,2-3,5-8,12H2;2-3,8-10,12-13,20H,4-7,11H2,1H3. The van der Waals surface area contributed by atoms with Crippen LogP contribution in [0.2, 0.25) is 0 Å². The van der Waals surface area contributed by atoms with Gasteiger partial charge >= 0.3 is 0 Å². The van der Waals surface area contributed by atoms with Crippen LogP contribution in [0.5, 0.6) is 0 Å². The average molecular weight is 651 g/mol. The molecule has 6 aromatic rings. The molecule has 0 spiro atoms. The van der Waals surface area contributed by atoms with Crippen LogP contribution >= 0.6 is 0 Å². The van der Waals surface area contributed by atoms with Gasteiger partial charge in [-0.1, -0.05) is 0 Å². The fraction of sp³-hybridized carbons (Fsp3) is 0.421. The molecule has 0 amide bonds. The van der Waals surface area contributed by atoms with Crippen molar-refractivity contribution < 1.29 is 8.78 Å². The van der Waals surface area contributed by atoms with Crippen LogP contribution in [0.15, 0.2) is 73.6 Å². The molecule has 48 heavy (non-hydrogen) atoms. The van der Waals surface area contributed by atoms with E-state index in [1.807, 2.05) is 41.6 Å². The van der Waals surface area contributed by atoms with Crippen LogP contribution < -0.4 is 0 Å². The van der Waals surface area contributed by atoms with E-state index in [9.17, 15) is 8.78 Å². The normalized spacial score (nSPS) is 18.5. The Hall–Kier alpha value is -4.28. The molecule has 3 aliphatic rings. The molecule has 8 nitrogen and oxygen atoms in total. The van der Waals surface area contributed by atoms with Crippen LogP contribution in [0.1, 0.15) is 38.5 Å². The maximum Gasteiger partial charge on any atom is 0.125 e. The van der Waals surface area contributed by atoms with Gasteiger partial charge < -0.3 is 19.8 Å². The monoisotopic (exact) mass is 650 g/mol. The summed E-state index contributed by atoms with van der Waals surface area (Å²) in [7, 11) is 2.18. The number of hydrogen-bond acceptors (Lipinski definition) is 4. The van der Waals surface area contributed by atoms with E-state index in [0.717, 1.165) is 69.1 Å². The van der Waals surface area contributed by atoms with Gasteiger partial charge in [0, 0.05) is 88.0 Å². The van der Waals surface area contributed by atoms with Crippen molar-refractivity contribution in [1.82, 2.24) is 39.3 Å². The lowest BCUT2D eigenvalue weighted by Crippen LogP contribution is -2.36. The van der Waals surface area contributed by atoms with Crippen molar-refractivity contribution in [3.05, 3.63) is 85.2 Å². The lowest BCUT2D eigenvalue weighted by Gasteiger charge is -2.31. The summed E-state index contributed by atoms with van der Waals surface area (Å²) in [5.41, 5.74) is 5.99. The summed E-state index contributed by atoms with van der Waals surface area (Å²) in [6, 6.07) is 10.6. The van der Waals surface area contributed by atoms with E-state index in [1.165, 1.54) is 89.0 Å². The highest BCUT2D eigenvalue weighted by Gasteiger charge is 2.32. The molecule has 0 unspecified atom stereocenters. The molecular weight excluding hydrogens is 606 g/mol. The van der Waals surface area contributed by atoms with Crippen LogP contribution in [0, 0.1) is 23.5 Å². The number of rotatable bonds is 7. The third kappa shape index (κ3) is 6.82. The second-order valence-corrected chi connectivity index (χ2v) is 14.1. The smallest absolute Gasteiger partial charge is 0.125 e. The number of likely N-dealkylation sites (tertiary alicyclic amines) is 2. The van der Waals surface area contributed by atoms with Gasteiger partial charge in [-0.3, -0.25) is 9.36 Å². The largest absolute Gasteiger partial charge is 0.360 e. The first-order valence-electron chi connectivity index (χ1n) is 17.5. The zero-order chi connectivity index (χ0) is 32.6. The molecule has 4 aromatic heterocycles. The summed E-state index contributed by atoms with van der Waals surface area (Å²) in [6.45, 7) is 6.81. The van der Waals surface area contributed by atoms with E-state index in [2.05, 4.69) is 54.1 Å². The predicted octanol–water partition coefficient (Wildman–Crippen LogP) is 7.56. The quantitative estimate of drug-likeness (QED) is 0.187. The molecular formula is C38H44F2N8. The summed E-state index contributed by atoms with van der Waals surface area (Å²) < 4.78 is 30.8. The van der Waals surface area contributed by atoms with E-state index in [4.69, 9.17) is 0 Å². The number of nitrogens with one attached hydrogen (secondary N) is 2. The lowest BCUT2D eigenvalue weighted by atomic mass is 9.97. The molecule has 9 rings (SSSR count). The fourth-order valence-corrected chi connectivity index (χ4v) is 7.59. The molecule has 3 fully saturated rings. The average Bonchev–Trinajstić information content (AvgIpc) is 3.40. The van der Waals surface area contributed by atoms with Crippen LogP contribution in [0.4, 0.5) is 8.78 Å². The summed E-state index contributed by atoms with van der Waals surface area (Å²) in [4.78, 5) is 11.3. The van der Waals surface area contributed by atoms with Crippen molar-refractivity contribution in [2.45, 2.75) is 57.7 Å². The first-order valence-corrected chi connectivity index (χ1v) is 17.5. The maximum absolute atomic E-state index is 13.4. The van der Waals surface area contributed by atoms with Gasteiger partial charge in [0.1, 0.15) is 11.6 Å². The van der Waals surface area contributed by atoms with Crippen molar-refractivity contribution in [2.24, 2.45) is 11.8 Å². The Kier molecular flexibility index (Phi) is 8.61. The van der Waals surface area contributed by atoms with Crippen molar-refractivity contribution >= 4 is 21.8 Å². The minimum absolute atomic E-state index is 0.214. The number of aromatic nitrogens is 6. The Bertz CT molecular complexity index is 1980. The summed E-state index contributed by atoms with van der Waals surface area (Å²) in [5.74, 6) is 0.994. The molecule has 2 aliphatic heterocycles. The van der Waals surface area contributed by atoms with Crippen molar-refractivity contribution in [3.8, 4) is 22.3 Å².